The predicted octanol–water partition coefficient (Wildman–Crippen LogP) is 2.86. The van der Waals surface area contributed by atoms with Crippen molar-refractivity contribution in [3.05, 3.63) is 23.0 Å². The van der Waals surface area contributed by atoms with Gasteiger partial charge in [-0.15, -0.1) is 0 Å². The van der Waals surface area contributed by atoms with E-state index in [1.165, 1.54) is 17.0 Å². The van der Waals surface area contributed by atoms with Gasteiger partial charge in [0.1, 0.15) is 5.78 Å². The lowest BCUT2D eigenvalue weighted by molar-refractivity contribution is -0.120. The number of carbonyl (C=O) groups excluding carboxylic acids is 1. The minimum absolute atomic E-state index is 0.424. The van der Waals surface area contributed by atoms with Gasteiger partial charge >= 0.3 is 0 Å². The van der Waals surface area contributed by atoms with Crippen molar-refractivity contribution in [2.45, 2.75) is 45.4 Å². The number of hydrogen-bond acceptors (Lipinski definition) is 1. The first-order chi connectivity index (χ1) is 6.66. The maximum atomic E-state index is 11.4. The van der Waals surface area contributed by atoms with Crippen LogP contribution in [0, 0.1) is 13.8 Å². The van der Waals surface area contributed by atoms with Crippen LogP contribution in [-0.2, 0) is 4.79 Å². The van der Waals surface area contributed by atoms with Gasteiger partial charge in [-0.2, -0.15) is 0 Å². The average molecular weight is 191 g/mol. The largest absolute Gasteiger partial charge is 0.362 e. The van der Waals surface area contributed by atoms with E-state index >= 15 is 0 Å². The lowest BCUT2D eigenvalue weighted by Gasteiger charge is -2.20. The van der Waals surface area contributed by atoms with E-state index in [9.17, 15) is 4.79 Å². The number of Topliss-reactive ketones (excluding diaryl/α,β-unsaturated/α-hetero) is 1. The zero-order chi connectivity index (χ0) is 10.1. The molecule has 0 radical (unpaired) electrons. The van der Waals surface area contributed by atoms with E-state index in [2.05, 4.69) is 24.9 Å². The molecule has 2 nitrogen and oxygen atoms in total. The Morgan fingerprint density at radius 1 is 1.43 bits per heavy atom. The molecule has 1 atom stereocenters. The minimum atomic E-state index is 0.424. The molecule has 1 saturated carbocycles. The number of nitrogens with one attached hydrogen (secondary N) is 1. The topological polar surface area (TPSA) is 32.9 Å². The fourth-order valence-corrected chi connectivity index (χ4v) is 2.44. The molecule has 76 valence electrons. The number of H-pyrrole nitrogens is 1. The molecular formula is C12H17NO. The van der Waals surface area contributed by atoms with E-state index in [1.807, 2.05) is 0 Å². The van der Waals surface area contributed by atoms with Crippen LogP contribution in [-0.4, -0.2) is 10.8 Å². The molecule has 14 heavy (non-hydrogen) atoms. The van der Waals surface area contributed by atoms with Gasteiger partial charge in [-0.05, 0) is 38.3 Å². The van der Waals surface area contributed by atoms with Crippen LogP contribution < -0.4 is 0 Å². The monoisotopic (exact) mass is 191 g/mol. The van der Waals surface area contributed by atoms with Crippen molar-refractivity contribution in [3.63, 3.8) is 0 Å². The van der Waals surface area contributed by atoms with Crippen LogP contribution in [0.25, 0.3) is 0 Å². The Morgan fingerprint density at radius 2 is 2.21 bits per heavy atom. The van der Waals surface area contributed by atoms with Gasteiger partial charge < -0.3 is 4.98 Å². The van der Waals surface area contributed by atoms with Gasteiger partial charge in [0.05, 0.1) is 0 Å². The third-order valence-corrected chi connectivity index (χ3v) is 3.08. The summed E-state index contributed by atoms with van der Waals surface area (Å²) in [5, 5.41) is 0. The Hall–Kier alpha value is -1.05. The van der Waals surface area contributed by atoms with Gasteiger partial charge in [0.15, 0.2) is 0 Å². The second-order valence-electron chi connectivity index (χ2n) is 4.38. The van der Waals surface area contributed by atoms with Gasteiger partial charge in [0, 0.05) is 30.1 Å². The Labute approximate surface area is 84.7 Å². The Balaban J connectivity index is 2.21. The molecule has 2 rings (SSSR count). The van der Waals surface area contributed by atoms with Crippen LogP contribution in [0.15, 0.2) is 6.07 Å². The highest BCUT2D eigenvalue weighted by Gasteiger charge is 2.23. The van der Waals surface area contributed by atoms with Gasteiger partial charge in [0.25, 0.3) is 0 Å². The summed E-state index contributed by atoms with van der Waals surface area (Å²) in [6.45, 7) is 4.19. The van der Waals surface area contributed by atoms with Crippen LogP contribution in [0.5, 0.6) is 0 Å². The number of rotatable bonds is 1. The number of aryl methyl sites for hydroxylation is 2. The molecule has 1 aliphatic carbocycles. The standard InChI is InChI=1S/C12H17NO/c1-8-6-9(2)13-12(8)10-4-3-5-11(14)7-10/h6,10,13H,3-5,7H2,1-2H3. The van der Waals surface area contributed by atoms with E-state index < -0.39 is 0 Å². The van der Waals surface area contributed by atoms with E-state index in [4.69, 9.17) is 0 Å². The van der Waals surface area contributed by atoms with Gasteiger partial charge in [0.2, 0.25) is 0 Å². The molecule has 1 aromatic heterocycles. The summed E-state index contributed by atoms with van der Waals surface area (Å²) in [4.78, 5) is 14.7. The summed E-state index contributed by atoms with van der Waals surface area (Å²) < 4.78 is 0. The van der Waals surface area contributed by atoms with Crippen LogP contribution in [0.3, 0.4) is 0 Å². The van der Waals surface area contributed by atoms with E-state index in [0.29, 0.717) is 11.7 Å². The van der Waals surface area contributed by atoms with E-state index in [1.54, 1.807) is 0 Å². The van der Waals surface area contributed by atoms with Crippen molar-refractivity contribution in [2.24, 2.45) is 0 Å². The number of hydrogen-bond donors (Lipinski definition) is 1. The van der Waals surface area contributed by atoms with Crippen molar-refractivity contribution in [1.82, 2.24) is 4.98 Å². The molecule has 0 saturated heterocycles. The molecular weight excluding hydrogens is 174 g/mol. The maximum Gasteiger partial charge on any atom is 0.133 e. The lowest BCUT2D eigenvalue weighted by atomic mass is 9.85. The molecule has 2 heteroatoms. The molecule has 1 N–H and O–H groups in total. The molecule has 0 spiro atoms. The van der Waals surface area contributed by atoms with Crippen molar-refractivity contribution >= 4 is 5.78 Å². The molecule has 1 unspecified atom stereocenters. The molecule has 1 aliphatic rings. The summed E-state index contributed by atoms with van der Waals surface area (Å²) in [5.41, 5.74) is 3.80. The normalized spacial score (nSPS) is 22.7. The summed E-state index contributed by atoms with van der Waals surface area (Å²) in [6, 6.07) is 2.16. The van der Waals surface area contributed by atoms with Crippen molar-refractivity contribution < 1.29 is 4.79 Å². The second-order valence-corrected chi connectivity index (χ2v) is 4.38. The first kappa shape index (κ1) is 9.50. The second kappa shape index (κ2) is 3.60. The third-order valence-electron chi connectivity index (χ3n) is 3.08. The zero-order valence-corrected chi connectivity index (χ0v) is 8.89. The molecule has 1 fully saturated rings. The molecule has 1 aromatic rings. The number of carbonyl (C=O) groups is 1. The minimum Gasteiger partial charge on any atom is -0.362 e. The maximum absolute atomic E-state index is 11.4. The van der Waals surface area contributed by atoms with Crippen LogP contribution in [0.1, 0.15) is 48.6 Å². The van der Waals surface area contributed by atoms with Gasteiger partial charge in [-0.3, -0.25) is 4.79 Å². The van der Waals surface area contributed by atoms with E-state index in [0.717, 1.165) is 25.7 Å². The lowest BCUT2D eigenvalue weighted by Crippen LogP contribution is -2.14. The predicted molar refractivity (Wildman–Crippen MR) is 56.5 cm³/mol. The van der Waals surface area contributed by atoms with E-state index in [-0.39, 0.29) is 0 Å². The Kier molecular flexibility index (Phi) is 2.44. The molecule has 0 bridgehead atoms. The van der Waals surface area contributed by atoms with Crippen LogP contribution in [0.2, 0.25) is 0 Å². The summed E-state index contributed by atoms with van der Waals surface area (Å²) in [5.74, 6) is 0.873. The highest BCUT2D eigenvalue weighted by atomic mass is 16.1. The average Bonchev–Trinajstić information content (AvgIpc) is 2.45. The summed E-state index contributed by atoms with van der Waals surface area (Å²) in [6.07, 6.45) is 3.74. The Bertz CT molecular complexity index is 351. The summed E-state index contributed by atoms with van der Waals surface area (Å²) >= 11 is 0. The number of aromatic amines is 1. The molecule has 0 aromatic carbocycles. The fraction of sp³-hybridized carbons (Fsp3) is 0.583. The van der Waals surface area contributed by atoms with Crippen molar-refractivity contribution in [3.8, 4) is 0 Å². The molecule has 1 heterocycles. The smallest absolute Gasteiger partial charge is 0.133 e. The highest BCUT2D eigenvalue weighted by molar-refractivity contribution is 5.80. The SMILES string of the molecule is Cc1cc(C)c(C2CCCC(=O)C2)[nH]1. The fourth-order valence-electron chi connectivity index (χ4n) is 2.44. The molecule has 0 aliphatic heterocycles. The third kappa shape index (κ3) is 1.74. The molecule has 0 amide bonds. The quantitative estimate of drug-likeness (QED) is 0.727. The van der Waals surface area contributed by atoms with Gasteiger partial charge in [-0.25, -0.2) is 0 Å². The van der Waals surface area contributed by atoms with Gasteiger partial charge in [-0.1, -0.05) is 0 Å². The highest BCUT2D eigenvalue weighted by Crippen LogP contribution is 2.32. The van der Waals surface area contributed by atoms with Crippen molar-refractivity contribution in [2.75, 3.05) is 0 Å². The van der Waals surface area contributed by atoms with Crippen LogP contribution in [0.4, 0.5) is 0 Å². The number of aromatic nitrogens is 1. The summed E-state index contributed by atoms with van der Waals surface area (Å²) in [7, 11) is 0. The zero-order valence-electron chi connectivity index (χ0n) is 8.89. The number of ketones is 1. The van der Waals surface area contributed by atoms with Crippen LogP contribution >= 0.6 is 0 Å². The van der Waals surface area contributed by atoms with Crippen molar-refractivity contribution in [1.29, 1.82) is 0 Å². The first-order valence-corrected chi connectivity index (χ1v) is 5.34. The first-order valence-electron chi connectivity index (χ1n) is 5.34. The Morgan fingerprint density at radius 3 is 2.79 bits per heavy atom.